The van der Waals surface area contributed by atoms with Gasteiger partial charge < -0.3 is 28.4 Å². The van der Waals surface area contributed by atoms with Crippen molar-refractivity contribution in [3.05, 3.63) is 69.8 Å². The Labute approximate surface area is 459 Å². The molecular weight excluding hydrogens is 925 g/mol. The van der Waals surface area contributed by atoms with E-state index in [2.05, 4.69) is 56.3 Å². The van der Waals surface area contributed by atoms with Crippen molar-refractivity contribution in [2.24, 2.45) is 0 Å². The number of hydrogen-bond donors (Lipinski definition) is 0. The second-order valence-electron chi connectivity index (χ2n) is 21.1. The summed E-state index contributed by atoms with van der Waals surface area (Å²) in [5, 5.41) is 0. The maximum atomic E-state index is 6.45. The second kappa shape index (κ2) is 41.3. The minimum atomic E-state index is 0.612. The summed E-state index contributed by atoms with van der Waals surface area (Å²) in [4.78, 5) is 0. The highest BCUT2D eigenvalue weighted by molar-refractivity contribution is 5.67. The standard InChI is InChI=1S/C69H102O6/c1-7-10-13-16-19-22-25-28-31-34-37-40-49-73-67-55-61-46-43-59-53-65(71-5)69(75-51-42-39-36-33-30-27-24-21-18-15-12-9-3)57-63(59)48-45-60-54-66(72-6)68(56-62(60)47-44-58(61)52-64(67)70-4)74-50-41-38-35-32-29-26-23-20-17-14-11-8-2/h52-57H,7-42,49-51H2,1-6H3. The molecule has 0 spiro atoms. The van der Waals surface area contributed by atoms with Crippen LogP contribution in [-0.4, -0.2) is 41.2 Å². The zero-order valence-electron chi connectivity index (χ0n) is 48.5. The molecule has 0 radical (unpaired) electrons. The molecule has 0 heterocycles. The SMILES string of the molecule is CCCCCCCCCCCCCCOc1cc2c(cc1OC)C#Cc1cc(OCCCCCCCCCCCCCC)c(OC)cc1C#Cc1cc(OCCCCCCCCCCCCCC)c(OC)cc1C#C2. The van der Waals surface area contributed by atoms with Gasteiger partial charge in [-0.15, -0.1) is 0 Å². The van der Waals surface area contributed by atoms with Gasteiger partial charge in [-0.3, -0.25) is 0 Å². The lowest BCUT2D eigenvalue weighted by Crippen LogP contribution is -2.02. The zero-order valence-corrected chi connectivity index (χ0v) is 48.5. The van der Waals surface area contributed by atoms with Crippen molar-refractivity contribution in [2.45, 2.75) is 252 Å². The maximum Gasteiger partial charge on any atom is 0.162 e. The van der Waals surface area contributed by atoms with Crippen LogP contribution in [-0.2, 0) is 0 Å². The van der Waals surface area contributed by atoms with Crippen LogP contribution in [0.25, 0.3) is 0 Å². The van der Waals surface area contributed by atoms with Crippen LogP contribution < -0.4 is 28.4 Å². The Kier molecular flexibility index (Phi) is 34.5. The Morgan fingerprint density at radius 1 is 0.227 bits per heavy atom. The number of ether oxygens (including phenoxy) is 6. The molecule has 6 heteroatoms. The van der Waals surface area contributed by atoms with Crippen molar-refractivity contribution in [1.82, 2.24) is 0 Å². The first-order valence-electron chi connectivity index (χ1n) is 30.7. The first kappa shape index (κ1) is 62.7. The molecule has 0 bridgehead atoms. The molecule has 0 N–H and O–H groups in total. The van der Waals surface area contributed by atoms with E-state index in [1.54, 1.807) is 21.3 Å². The van der Waals surface area contributed by atoms with Crippen LogP contribution in [0.2, 0.25) is 0 Å². The van der Waals surface area contributed by atoms with Crippen LogP contribution in [0.15, 0.2) is 36.4 Å². The van der Waals surface area contributed by atoms with Crippen molar-refractivity contribution in [3.63, 3.8) is 0 Å². The third kappa shape index (κ3) is 26.2. The summed E-state index contributed by atoms with van der Waals surface area (Å²) in [6.45, 7) is 8.68. The average molecular weight is 1030 g/mol. The van der Waals surface area contributed by atoms with E-state index in [1.807, 2.05) is 36.4 Å². The maximum absolute atomic E-state index is 6.45. The lowest BCUT2D eigenvalue weighted by atomic mass is 10.0. The molecule has 0 atom stereocenters. The normalized spacial score (nSPS) is 11.3. The van der Waals surface area contributed by atoms with E-state index in [1.165, 1.54) is 193 Å². The topological polar surface area (TPSA) is 55.4 Å². The van der Waals surface area contributed by atoms with Crippen molar-refractivity contribution in [1.29, 1.82) is 0 Å². The van der Waals surface area contributed by atoms with Gasteiger partial charge in [-0.2, -0.15) is 0 Å². The van der Waals surface area contributed by atoms with Gasteiger partial charge in [-0.05, 0) is 19.3 Å². The van der Waals surface area contributed by atoms with Crippen LogP contribution in [0.4, 0.5) is 0 Å². The van der Waals surface area contributed by atoms with Crippen molar-refractivity contribution < 1.29 is 28.4 Å². The van der Waals surface area contributed by atoms with Gasteiger partial charge in [0.15, 0.2) is 34.5 Å². The zero-order chi connectivity index (χ0) is 53.2. The highest BCUT2D eigenvalue weighted by Crippen LogP contribution is 2.35. The van der Waals surface area contributed by atoms with E-state index in [4.69, 9.17) is 28.4 Å². The van der Waals surface area contributed by atoms with E-state index in [-0.39, 0.29) is 0 Å². The minimum Gasteiger partial charge on any atom is -0.493 e. The third-order valence-electron chi connectivity index (χ3n) is 14.7. The second-order valence-corrected chi connectivity index (χ2v) is 21.1. The lowest BCUT2D eigenvalue weighted by Gasteiger charge is -2.14. The average Bonchev–Trinajstić information content (AvgIpc) is 3.43. The lowest BCUT2D eigenvalue weighted by molar-refractivity contribution is 0.284. The molecule has 4 rings (SSSR count). The van der Waals surface area contributed by atoms with Gasteiger partial charge in [0, 0.05) is 69.8 Å². The van der Waals surface area contributed by atoms with Crippen molar-refractivity contribution in [2.75, 3.05) is 41.2 Å². The van der Waals surface area contributed by atoms with Crippen molar-refractivity contribution >= 4 is 0 Å². The molecule has 0 aromatic heterocycles. The molecule has 0 saturated heterocycles. The molecular formula is C69H102O6. The predicted molar refractivity (Wildman–Crippen MR) is 317 cm³/mol. The Morgan fingerprint density at radius 3 is 0.560 bits per heavy atom. The Hall–Kier alpha value is -4.86. The van der Waals surface area contributed by atoms with Crippen LogP contribution >= 0.6 is 0 Å². The Balaban J connectivity index is 1.51. The van der Waals surface area contributed by atoms with Gasteiger partial charge in [-0.25, -0.2) is 0 Å². The molecule has 75 heavy (non-hydrogen) atoms. The van der Waals surface area contributed by atoms with Gasteiger partial charge in [0.25, 0.3) is 0 Å². The summed E-state index contributed by atoms with van der Waals surface area (Å²) in [6.07, 6.45) is 46.7. The fourth-order valence-electron chi connectivity index (χ4n) is 9.90. The van der Waals surface area contributed by atoms with Crippen LogP contribution in [0.3, 0.4) is 0 Å². The van der Waals surface area contributed by atoms with Gasteiger partial charge >= 0.3 is 0 Å². The van der Waals surface area contributed by atoms with Crippen LogP contribution in [0.5, 0.6) is 34.5 Å². The van der Waals surface area contributed by atoms with Crippen molar-refractivity contribution in [3.8, 4) is 70.0 Å². The first-order chi connectivity index (χ1) is 37.0. The molecule has 0 aliphatic heterocycles. The van der Waals surface area contributed by atoms with E-state index in [9.17, 15) is 0 Å². The predicted octanol–water partition coefficient (Wildman–Crippen LogP) is 19.5. The number of hydrogen-bond acceptors (Lipinski definition) is 6. The fourth-order valence-corrected chi connectivity index (χ4v) is 9.90. The largest absolute Gasteiger partial charge is 0.493 e. The van der Waals surface area contributed by atoms with Gasteiger partial charge in [0.05, 0.1) is 41.2 Å². The minimum absolute atomic E-state index is 0.612. The first-order valence-corrected chi connectivity index (χ1v) is 30.7. The quantitative estimate of drug-likeness (QED) is 0.0325. The van der Waals surface area contributed by atoms with E-state index in [0.717, 1.165) is 71.9 Å². The summed E-state index contributed by atoms with van der Waals surface area (Å²) >= 11 is 0. The molecule has 0 saturated carbocycles. The van der Waals surface area contributed by atoms with Gasteiger partial charge in [0.1, 0.15) is 0 Å². The van der Waals surface area contributed by atoms with E-state index >= 15 is 0 Å². The van der Waals surface area contributed by atoms with E-state index < -0.39 is 0 Å². The third-order valence-corrected chi connectivity index (χ3v) is 14.7. The number of rotatable bonds is 45. The summed E-state index contributed by atoms with van der Waals surface area (Å²) in [5.74, 6) is 24.7. The summed E-state index contributed by atoms with van der Waals surface area (Å²) in [7, 11) is 5.05. The van der Waals surface area contributed by atoms with Gasteiger partial charge in [0.2, 0.25) is 0 Å². The number of benzene rings is 3. The number of unbranched alkanes of at least 4 members (excludes halogenated alkanes) is 33. The highest BCUT2D eigenvalue weighted by atomic mass is 16.5. The molecule has 1 aliphatic rings. The summed E-state index contributed by atoms with van der Waals surface area (Å²) < 4.78 is 37.1. The van der Waals surface area contributed by atoms with Gasteiger partial charge in [-0.1, -0.05) is 268 Å². The molecule has 6 nitrogen and oxygen atoms in total. The Morgan fingerprint density at radius 2 is 0.387 bits per heavy atom. The molecule has 0 fully saturated rings. The smallest absolute Gasteiger partial charge is 0.162 e. The monoisotopic (exact) mass is 1030 g/mol. The van der Waals surface area contributed by atoms with E-state index in [0.29, 0.717) is 54.3 Å². The molecule has 414 valence electrons. The fraction of sp³-hybridized carbons (Fsp3) is 0.652. The summed E-state index contributed by atoms with van der Waals surface area (Å²) in [5.41, 5.74) is 4.46. The molecule has 1 aliphatic carbocycles. The molecule has 0 amide bonds. The number of methoxy groups -OCH3 is 3. The highest BCUT2D eigenvalue weighted by Gasteiger charge is 2.16. The van der Waals surface area contributed by atoms with Crippen LogP contribution in [0, 0.1) is 35.5 Å². The van der Waals surface area contributed by atoms with Crippen LogP contribution in [0.1, 0.15) is 285 Å². The molecule has 3 aromatic rings. The molecule has 0 unspecified atom stereocenters. The number of fused-ring (bicyclic) bond motifs is 3. The summed E-state index contributed by atoms with van der Waals surface area (Å²) in [6, 6.07) is 11.8. The molecule has 3 aromatic carbocycles. The Bertz CT molecular complexity index is 1940.